The summed E-state index contributed by atoms with van der Waals surface area (Å²) in [6, 6.07) is 11.6. The van der Waals surface area contributed by atoms with Crippen LogP contribution in [0.2, 0.25) is 0 Å². The molecule has 4 nitrogen and oxygen atoms in total. The molecule has 8 heteroatoms. The average molecular weight is 684 g/mol. The Bertz CT molecular complexity index is 1590. The molecule has 2 aromatic carbocycles. The van der Waals surface area contributed by atoms with E-state index in [0.717, 1.165) is 48.2 Å². The van der Waals surface area contributed by atoms with Gasteiger partial charge < -0.3 is 0 Å². The first kappa shape index (κ1) is 23.8. The fourth-order valence-corrected chi connectivity index (χ4v) is 7.63. The molecule has 160 valence electrons. The van der Waals surface area contributed by atoms with E-state index in [2.05, 4.69) is 74.4 Å². The van der Waals surface area contributed by atoms with Crippen LogP contribution in [0.5, 0.6) is 0 Å². The molecule has 0 fully saturated rings. The second-order valence-electron chi connectivity index (χ2n) is 7.00. The molecule has 0 bridgehead atoms. The van der Waals surface area contributed by atoms with Gasteiger partial charge in [0.25, 0.3) is 0 Å². The van der Waals surface area contributed by atoms with Gasteiger partial charge in [-0.15, -0.1) is 0 Å². The van der Waals surface area contributed by atoms with Gasteiger partial charge in [-0.05, 0) is 0 Å². The van der Waals surface area contributed by atoms with Crippen molar-refractivity contribution in [1.82, 2.24) is 0 Å². The van der Waals surface area contributed by atoms with Crippen molar-refractivity contribution in [2.24, 2.45) is 0 Å². The molecule has 32 heavy (non-hydrogen) atoms. The maximum absolute atomic E-state index is 12.7. The van der Waals surface area contributed by atoms with Gasteiger partial charge in [-0.25, -0.2) is 0 Å². The van der Waals surface area contributed by atoms with E-state index in [9.17, 15) is 9.59 Å². The van der Waals surface area contributed by atoms with Gasteiger partial charge in [0.2, 0.25) is 0 Å². The van der Waals surface area contributed by atoms with Crippen LogP contribution in [0, 0.1) is 26.7 Å². The molecule has 0 saturated carbocycles. The Labute approximate surface area is 214 Å². The normalized spacial score (nSPS) is 11.2. The van der Waals surface area contributed by atoms with Crippen LogP contribution in [0.25, 0.3) is 21.5 Å². The van der Waals surface area contributed by atoms with Crippen LogP contribution < -0.4 is 0 Å². The van der Waals surface area contributed by atoms with Crippen LogP contribution in [0.15, 0.2) is 36.4 Å². The number of ether oxygens (including phenoxy) is 2. The number of rotatable bonds is 4. The second kappa shape index (κ2) is 9.50. The third-order valence-electron chi connectivity index (χ3n) is 5.21. The molecular formula is C24H16O4Se4. The molecule has 2 aliphatic carbocycles. The zero-order chi connectivity index (χ0) is 23.2. The van der Waals surface area contributed by atoms with Gasteiger partial charge in [0, 0.05) is 0 Å². The third-order valence-corrected chi connectivity index (χ3v) is 8.77. The van der Waals surface area contributed by atoms with Crippen LogP contribution >= 0.6 is 0 Å². The summed E-state index contributed by atoms with van der Waals surface area (Å²) in [4.78, 5) is 25.4. The number of benzene rings is 2. The van der Waals surface area contributed by atoms with Crippen molar-refractivity contribution in [3.63, 3.8) is 0 Å². The Kier molecular flexibility index (Phi) is 7.08. The molecule has 2 aromatic rings. The summed E-state index contributed by atoms with van der Waals surface area (Å²) in [5, 5.41) is 5.92. The zero-order valence-electron chi connectivity index (χ0n) is 17.1. The molecule has 0 radical (unpaired) electrons. The Morgan fingerprint density at radius 3 is 1.34 bits per heavy atom. The van der Waals surface area contributed by atoms with Gasteiger partial charge >= 0.3 is 216 Å². The minimum absolute atomic E-state index is 0.193. The van der Waals surface area contributed by atoms with E-state index >= 15 is 0 Å². The fraction of sp³-hybridized carbons (Fsp3) is 0.167. The first-order valence-corrected chi connectivity index (χ1v) is 13.3. The van der Waals surface area contributed by atoms with Crippen molar-refractivity contribution in [2.75, 3.05) is 13.2 Å². The van der Waals surface area contributed by atoms with Crippen molar-refractivity contribution in [3.8, 4) is 0 Å². The number of carbonyl (C=O) groups excluding carboxylic acids is 2. The molecule has 0 atom stereocenters. The van der Waals surface area contributed by atoms with Crippen molar-refractivity contribution < 1.29 is 19.1 Å². The van der Waals surface area contributed by atoms with Crippen molar-refractivity contribution in [1.29, 1.82) is 0 Å². The molecule has 0 amide bonds. The van der Waals surface area contributed by atoms with Crippen molar-refractivity contribution in [3.05, 3.63) is 74.2 Å². The molecular weight excluding hydrogens is 668 g/mol. The molecule has 0 unspecified atom stereocenters. The predicted molar refractivity (Wildman–Crippen MR) is 127 cm³/mol. The van der Waals surface area contributed by atoms with Gasteiger partial charge in [-0.1, -0.05) is 0 Å². The van der Waals surface area contributed by atoms with Crippen LogP contribution in [-0.2, 0) is 9.47 Å². The van der Waals surface area contributed by atoms with E-state index < -0.39 is 11.9 Å². The van der Waals surface area contributed by atoms with Gasteiger partial charge in [-0.2, -0.15) is 0 Å². The molecule has 2 aliphatic rings. The van der Waals surface area contributed by atoms with Crippen molar-refractivity contribution in [2.45, 2.75) is 13.8 Å². The number of esters is 2. The standard InChI is InChI=1S/C24H16O4Se4/c1-3-27-23(25)15-9-13-14(10-16(15)24(26)28-4-2)22(32)18-17(21(13)31)19(29)11-7-5-6-8-12(11)20(18)30/h5-10H,3-4H2,1-2H3. The van der Waals surface area contributed by atoms with Gasteiger partial charge in [-0.3, -0.25) is 0 Å². The number of fused-ring (bicyclic) bond motifs is 2. The number of hydrogen-bond donors (Lipinski definition) is 0. The van der Waals surface area contributed by atoms with Crippen LogP contribution in [0.1, 0.15) is 34.6 Å². The quantitative estimate of drug-likeness (QED) is 0.246. The molecule has 0 saturated heterocycles. The Balaban J connectivity index is 2.28. The van der Waals surface area contributed by atoms with E-state index in [4.69, 9.17) is 9.47 Å². The second-order valence-corrected chi connectivity index (χ2v) is 10.4. The summed E-state index contributed by atoms with van der Waals surface area (Å²) in [7, 11) is 0. The van der Waals surface area contributed by atoms with Gasteiger partial charge in [0.05, 0.1) is 0 Å². The van der Waals surface area contributed by atoms with Gasteiger partial charge in [0.1, 0.15) is 0 Å². The topological polar surface area (TPSA) is 52.6 Å². The summed E-state index contributed by atoms with van der Waals surface area (Å²) in [5.41, 5.74) is 0.387. The monoisotopic (exact) mass is 688 g/mol. The number of carbonyl (C=O) groups is 2. The fourth-order valence-electron chi connectivity index (χ4n) is 3.81. The minimum atomic E-state index is -0.551. The zero-order valence-corrected chi connectivity index (χ0v) is 24.0. The van der Waals surface area contributed by atoms with Gasteiger partial charge in [0.15, 0.2) is 0 Å². The summed E-state index contributed by atoms with van der Waals surface area (Å²) in [5.74, 6) is -1.10. The molecule has 0 N–H and O–H groups in total. The van der Waals surface area contributed by atoms with E-state index in [0.29, 0.717) is 0 Å². The van der Waals surface area contributed by atoms with Crippen molar-refractivity contribution >= 4 is 95.8 Å². The molecule has 0 aromatic heterocycles. The third kappa shape index (κ3) is 3.84. The summed E-state index contributed by atoms with van der Waals surface area (Å²) >= 11 is 12.9. The molecule has 4 rings (SSSR count). The first-order valence-electron chi connectivity index (χ1n) is 9.86. The van der Waals surface area contributed by atoms with E-state index in [-0.39, 0.29) is 24.3 Å². The van der Waals surface area contributed by atoms with E-state index in [1.165, 1.54) is 0 Å². The summed E-state index contributed by atoms with van der Waals surface area (Å²) in [6.45, 7) is 3.89. The Hall–Kier alpha value is -1.32. The van der Waals surface area contributed by atoms with Crippen LogP contribution in [0.3, 0.4) is 0 Å². The van der Waals surface area contributed by atoms with E-state index in [1.54, 1.807) is 26.0 Å². The Morgan fingerprint density at radius 1 is 0.656 bits per heavy atom. The molecule has 0 spiro atoms. The molecule has 0 heterocycles. The Morgan fingerprint density at radius 2 is 1.00 bits per heavy atom. The number of hydrogen-bond acceptors (Lipinski definition) is 4. The predicted octanol–water partition coefficient (Wildman–Crippen LogP) is 2.75. The van der Waals surface area contributed by atoms with E-state index in [1.807, 2.05) is 12.1 Å². The van der Waals surface area contributed by atoms with Crippen LogP contribution in [0.4, 0.5) is 0 Å². The summed E-state index contributed by atoms with van der Waals surface area (Å²) in [6.07, 6.45) is 0. The summed E-state index contributed by atoms with van der Waals surface area (Å²) < 4.78 is 14.3. The molecule has 0 aliphatic heterocycles. The maximum atomic E-state index is 12.7. The first-order chi connectivity index (χ1) is 15.3. The SMILES string of the molecule is CCOC(=O)c1cc2c(=[Se])c3c(=[Se])c4ccccc4c(=[Se])c=3c(=[Se])c2cc1C(=O)OCC. The van der Waals surface area contributed by atoms with Crippen LogP contribution in [-0.4, -0.2) is 87.5 Å². The average Bonchev–Trinajstić information content (AvgIpc) is 2.79.